The Kier molecular flexibility index (Phi) is 8.24. The second kappa shape index (κ2) is 10.9. The van der Waals surface area contributed by atoms with Gasteiger partial charge in [0.05, 0.1) is 24.7 Å². The lowest BCUT2D eigenvalue weighted by atomic mass is 10.1. The summed E-state index contributed by atoms with van der Waals surface area (Å²) in [5, 5.41) is 3.72. The molecule has 2 heterocycles. The van der Waals surface area contributed by atoms with Crippen molar-refractivity contribution < 1.29 is 22.7 Å². The van der Waals surface area contributed by atoms with E-state index in [0.29, 0.717) is 50.2 Å². The fourth-order valence-corrected chi connectivity index (χ4v) is 4.79. The zero-order chi connectivity index (χ0) is 22.3. The van der Waals surface area contributed by atoms with E-state index in [9.17, 15) is 13.2 Å². The van der Waals surface area contributed by atoms with Crippen LogP contribution >= 0.6 is 11.8 Å². The second-order valence-corrected chi connectivity index (χ2v) is 9.39. The van der Waals surface area contributed by atoms with Crippen LogP contribution in [0.1, 0.15) is 22.8 Å². The van der Waals surface area contributed by atoms with Gasteiger partial charge in [-0.05, 0) is 37.3 Å². The monoisotopic (exact) mass is 466 g/mol. The van der Waals surface area contributed by atoms with Crippen LogP contribution in [0.25, 0.3) is 0 Å². The van der Waals surface area contributed by atoms with Gasteiger partial charge in [-0.15, -0.1) is 0 Å². The van der Waals surface area contributed by atoms with Gasteiger partial charge in [-0.2, -0.15) is 4.31 Å². The highest BCUT2D eigenvalue weighted by atomic mass is 32.2. The molecule has 1 aliphatic heterocycles. The number of nitrogens with zero attached hydrogens (tertiary/aromatic N) is 3. The highest BCUT2D eigenvalue weighted by Gasteiger charge is 2.26. The number of anilines is 1. The van der Waals surface area contributed by atoms with E-state index >= 15 is 0 Å². The molecule has 9 nitrogen and oxygen atoms in total. The maximum Gasteiger partial charge on any atom is 0.343 e. The number of rotatable bonds is 9. The molecule has 0 spiro atoms. The Bertz CT molecular complexity index is 993. The van der Waals surface area contributed by atoms with Gasteiger partial charge in [-0.25, -0.2) is 23.2 Å². The lowest BCUT2D eigenvalue weighted by Crippen LogP contribution is -2.40. The quantitative estimate of drug-likeness (QED) is 0.337. The molecule has 1 aliphatic rings. The number of thioether (sulfide) groups is 1. The Morgan fingerprint density at radius 1 is 1.26 bits per heavy atom. The standard InChI is InChI=1S/C20H26N4O5S2/c1-3-29-19(25)17-14-22-20(30-2)23-18(17)21-9-8-15-4-6-16(7-5-15)31(26,27)24-10-12-28-13-11-24/h4-7,14H,3,8-13H2,1-2H3,(H,21,22,23). The number of hydrogen-bond donors (Lipinski definition) is 1. The van der Waals surface area contributed by atoms with Crippen molar-refractivity contribution in [2.24, 2.45) is 0 Å². The molecule has 1 aromatic heterocycles. The Balaban J connectivity index is 1.64. The first-order chi connectivity index (χ1) is 15.0. The third kappa shape index (κ3) is 5.94. The van der Waals surface area contributed by atoms with Gasteiger partial charge in [0.1, 0.15) is 11.4 Å². The average Bonchev–Trinajstić information content (AvgIpc) is 2.80. The molecular formula is C20H26N4O5S2. The van der Waals surface area contributed by atoms with Crippen LogP contribution in [0.2, 0.25) is 0 Å². The highest BCUT2D eigenvalue weighted by molar-refractivity contribution is 7.98. The normalized spacial score (nSPS) is 14.9. The minimum absolute atomic E-state index is 0.266. The molecule has 3 rings (SSSR count). The van der Waals surface area contributed by atoms with E-state index in [1.54, 1.807) is 31.2 Å². The fourth-order valence-electron chi connectivity index (χ4n) is 3.05. The molecule has 1 saturated heterocycles. The summed E-state index contributed by atoms with van der Waals surface area (Å²) in [6.07, 6.45) is 3.94. The zero-order valence-corrected chi connectivity index (χ0v) is 19.2. The van der Waals surface area contributed by atoms with Crippen LogP contribution < -0.4 is 5.32 Å². The lowest BCUT2D eigenvalue weighted by molar-refractivity contribution is 0.0526. The minimum atomic E-state index is -3.50. The first kappa shape index (κ1) is 23.5. The second-order valence-electron chi connectivity index (χ2n) is 6.68. The molecule has 0 bridgehead atoms. The largest absolute Gasteiger partial charge is 0.462 e. The van der Waals surface area contributed by atoms with Gasteiger partial charge in [0.25, 0.3) is 0 Å². The van der Waals surface area contributed by atoms with Crippen LogP contribution in [0.15, 0.2) is 40.5 Å². The number of esters is 1. The van der Waals surface area contributed by atoms with Gasteiger partial charge >= 0.3 is 5.97 Å². The Morgan fingerprint density at radius 2 is 1.97 bits per heavy atom. The first-order valence-corrected chi connectivity index (χ1v) is 12.6. The number of carbonyl (C=O) groups excluding carboxylic acids is 1. The number of ether oxygens (including phenoxy) is 2. The molecule has 1 aromatic carbocycles. The van der Waals surface area contributed by atoms with Gasteiger partial charge in [-0.1, -0.05) is 23.9 Å². The van der Waals surface area contributed by atoms with E-state index < -0.39 is 16.0 Å². The highest BCUT2D eigenvalue weighted by Crippen LogP contribution is 2.19. The lowest BCUT2D eigenvalue weighted by Gasteiger charge is -2.26. The molecule has 11 heteroatoms. The summed E-state index contributed by atoms with van der Waals surface area (Å²) in [4.78, 5) is 20.9. The van der Waals surface area contributed by atoms with Crippen molar-refractivity contribution in [1.29, 1.82) is 0 Å². The molecule has 0 saturated carbocycles. The molecule has 0 aliphatic carbocycles. The molecule has 0 amide bonds. The van der Waals surface area contributed by atoms with Crippen LogP contribution in [0.5, 0.6) is 0 Å². The van der Waals surface area contributed by atoms with Crippen molar-refractivity contribution in [2.75, 3.05) is 51.0 Å². The third-order valence-electron chi connectivity index (χ3n) is 4.68. The predicted molar refractivity (Wildman–Crippen MR) is 118 cm³/mol. The van der Waals surface area contributed by atoms with Crippen LogP contribution in [0.4, 0.5) is 5.82 Å². The molecular weight excluding hydrogens is 440 g/mol. The molecule has 31 heavy (non-hydrogen) atoms. The number of hydrogen-bond acceptors (Lipinski definition) is 9. The van der Waals surface area contributed by atoms with Gasteiger partial charge in [-0.3, -0.25) is 0 Å². The van der Waals surface area contributed by atoms with Crippen LogP contribution in [0.3, 0.4) is 0 Å². The maximum absolute atomic E-state index is 12.7. The van der Waals surface area contributed by atoms with Crippen LogP contribution in [-0.4, -0.2) is 74.4 Å². The maximum atomic E-state index is 12.7. The Morgan fingerprint density at radius 3 is 2.61 bits per heavy atom. The smallest absolute Gasteiger partial charge is 0.343 e. The molecule has 0 unspecified atom stereocenters. The van der Waals surface area contributed by atoms with Crippen LogP contribution in [-0.2, 0) is 25.9 Å². The molecule has 0 atom stereocenters. The minimum Gasteiger partial charge on any atom is -0.462 e. The van der Waals surface area contributed by atoms with Crippen molar-refractivity contribution in [3.05, 3.63) is 41.6 Å². The van der Waals surface area contributed by atoms with E-state index in [-0.39, 0.29) is 17.1 Å². The van der Waals surface area contributed by atoms with Gasteiger partial charge < -0.3 is 14.8 Å². The molecule has 168 valence electrons. The van der Waals surface area contributed by atoms with Crippen molar-refractivity contribution in [3.8, 4) is 0 Å². The van der Waals surface area contributed by atoms with Gasteiger partial charge in [0.2, 0.25) is 10.0 Å². The summed E-state index contributed by atoms with van der Waals surface area (Å²) in [5.74, 6) is -0.0559. The van der Waals surface area contributed by atoms with Crippen molar-refractivity contribution in [2.45, 2.75) is 23.4 Å². The molecule has 1 N–H and O–H groups in total. The van der Waals surface area contributed by atoms with E-state index in [2.05, 4.69) is 15.3 Å². The summed E-state index contributed by atoms with van der Waals surface area (Å²) in [5.41, 5.74) is 1.25. The number of benzene rings is 1. The average molecular weight is 467 g/mol. The van der Waals surface area contributed by atoms with Crippen LogP contribution in [0, 0.1) is 0 Å². The SMILES string of the molecule is CCOC(=O)c1cnc(SC)nc1NCCc1ccc(S(=O)(=O)N2CCOCC2)cc1. The summed E-state index contributed by atoms with van der Waals surface area (Å²) in [6.45, 7) is 4.08. The number of morpholine rings is 1. The van der Waals surface area contributed by atoms with E-state index in [1.165, 1.54) is 22.3 Å². The number of nitrogens with one attached hydrogen (secondary N) is 1. The van der Waals surface area contributed by atoms with E-state index in [1.807, 2.05) is 6.26 Å². The fraction of sp³-hybridized carbons (Fsp3) is 0.450. The van der Waals surface area contributed by atoms with E-state index in [0.717, 1.165) is 5.56 Å². The number of aromatic nitrogens is 2. The molecule has 2 aromatic rings. The third-order valence-corrected chi connectivity index (χ3v) is 7.16. The van der Waals surface area contributed by atoms with Crippen molar-refractivity contribution in [1.82, 2.24) is 14.3 Å². The first-order valence-electron chi connectivity index (χ1n) is 9.94. The van der Waals surface area contributed by atoms with Crippen molar-refractivity contribution >= 4 is 33.6 Å². The van der Waals surface area contributed by atoms with Gasteiger partial charge in [0.15, 0.2) is 5.16 Å². The van der Waals surface area contributed by atoms with Crippen molar-refractivity contribution in [3.63, 3.8) is 0 Å². The molecule has 0 radical (unpaired) electrons. The molecule has 1 fully saturated rings. The number of sulfonamides is 1. The van der Waals surface area contributed by atoms with E-state index in [4.69, 9.17) is 9.47 Å². The summed E-state index contributed by atoms with van der Waals surface area (Å²) >= 11 is 1.38. The summed E-state index contributed by atoms with van der Waals surface area (Å²) < 4.78 is 37.2. The predicted octanol–water partition coefficient (Wildman–Crippen LogP) is 2.05. The topological polar surface area (TPSA) is 111 Å². The Labute approximate surface area is 186 Å². The number of carbonyl (C=O) groups is 1. The zero-order valence-electron chi connectivity index (χ0n) is 17.5. The summed E-state index contributed by atoms with van der Waals surface area (Å²) in [6, 6.07) is 6.85. The Hall–Kier alpha value is -2.21. The summed E-state index contributed by atoms with van der Waals surface area (Å²) in [7, 11) is -3.50. The van der Waals surface area contributed by atoms with Gasteiger partial charge in [0, 0.05) is 25.8 Å².